The molecule has 1 saturated heterocycles. The third kappa shape index (κ3) is 53.3. The van der Waals surface area contributed by atoms with Crippen molar-refractivity contribution in [2.24, 2.45) is 0 Å². The van der Waals surface area contributed by atoms with E-state index in [9.17, 15) is 35.1 Å². The van der Waals surface area contributed by atoms with Gasteiger partial charge in [0.05, 0.1) is 25.4 Å². The van der Waals surface area contributed by atoms with Crippen molar-refractivity contribution < 1.29 is 49.3 Å². The number of unbranched alkanes of at least 4 members (excludes halogenated alkanes) is 34. The van der Waals surface area contributed by atoms with Crippen LogP contribution in [0, 0.1) is 0 Å². The monoisotopic (exact) mass is 1270 g/mol. The largest absolute Gasteiger partial charge is 0.454 e. The van der Waals surface area contributed by atoms with Gasteiger partial charge in [-0.2, -0.15) is 0 Å². The van der Waals surface area contributed by atoms with Gasteiger partial charge in [0.1, 0.15) is 24.4 Å². The molecule has 11 nitrogen and oxygen atoms in total. The number of amides is 1. The zero-order chi connectivity index (χ0) is 66.0. The van der Waals surface area contributed by atoms with Crippen molar-refractivity contribution in [2.75, 3.05) is 13.2 Å². The standard InChI is InChI=1S/C80H139NO10/c1-4-7-10-13-16-19-22-25-27-29-31-33-35-37-39-41-43-45-47-50-53-56-59-62-65-68-75(85)91-78-77(87)76(86)74(69-82)90-80(78)89-70-71(72(83)66-63-60-57-54-51-48-24-21-18-15-12-9-6-3)81-79(88)73(84)67-64-61-58-55-52-49-46-44-42-40-38-36-34-32-30-28-26-23-20-17-14-11-8-5-2/h16-17,19-20,25-28,31-34,37-40,63,66,71-74,76-78,80,82-84,86-87H,4-15,18,21-24,29-30,35-36,41-62,64-65,67-70H2,1-3H3,(H,81,88)/b19-16-,20-17-,27-25-,28-26-,33-31-,34-32-,39-37-,40-38-,66-63+. The number of nitrogens with one attached hydrogen (secondary N) is 1. The summed E-state index contributed by atoms with van der Waals surface area (Å²) in [5, 5.41) is 57.4. The molecule has 0 radical (unpaired) electrons. The normalized spacial score (nSPS) is 18.6. The lowest BCUT2D eigenvalue weighted by Crippen LogP contribution is -2.61. The Balaban J connectivity index is 2.58. The van der Waals surface area contributed by atoms with Crippen LogP contribution in [0.15, 0.2) is 109 Å². The molecule has 0 aromatic rings. The second kappa shape index (κ2) is 66.3. The molecule has 91 heavy (non-hydrogen) atoms. The molecule has 1 aliphatic heterocycles. The van der Waals surface area contributed by atoms with Crippen molar-refractivity contribution in [3.8, 4) is 0 Å². The number of aliphatic hydroxyl groups excluding tert-OH is 5. The fraction of sp³-hybridized carbons (Fsp3) is 0.750. The summed E-state index contributed by atoms with van der Waals surface area (Å²) in [6.07, 6.45) is 81.1. The van der Waals surface area contributed by atoms with Crippen molar-refractivity contribution in [3.63, 3.8) is 0 Å². The van der Waals surface area contributed by atoms with E-state index < -0.39 is 67.4 Å². The smallest absolute Gasteiger partial charge is 0.306 e. The number of carbonyl (C=O) groups excluding carboxylic acids is 2. The highest BCUT2D eigenvalue weighted by Crippen LogP contribution is 2.26. The number of rotatable bonds is 64. The summed E-state index contributed by atoms with van der Waals surface area (Å²) in [5.74, 6) is -1.21. The second-order valence-corrected chi connectivity index (χ2v) is 25.7. The number of carbonyl (C=O) groups is 2. The van der Waals surface area contributed by atoms with Gasteiger partial charge in [0, 0.05) is 6.42 Å². The Labute approximate surface area is 558 Å². The topological polar surface area (TPSA) is 175 Å². The lowest BCUT2D eigenvalue weighted by atomic mass is 9.99. The minimum Gasteiger partial charge on any atom is -0.454 e. The molecule has 1 aliphatic rings. The maximum atomic E-state index is 13.5. The molecule has 0 saturated carbocycles. The van der Waals surface area contributed by atoms with E-state index in [1.54, 1.807) is 6.08 Å². The van der Waals surface area contributed by atoms with Crippen LogP contribution in [0.3, 0.4) is 0 Å². The Morgan fingerprint density at radius 2 is 0.758 bits per heavy atom. The molecule has 0 aromatic heterocycles. The molecule has 1 fully saturated rings. The minimum absolute atomic E-state index is 0.111. The molecule has 0 aliphatic carbocycles. The summed E-state index contributed by atoms with van der Waals surface area (Å²) in [6.45, 7) is 5.76. The molecule has 0 bridgehead atoms. The van der Waals surface area contributed by atoms with E-state index >= 15 is 0 Å². The highest BCUT2D eigenvalue weighted by Gasteiger charge is 2.47. The molecule has 524 valence electrons. The highest BCUT2D eigenvalue weighted by atomic mass is 16.7. The first-order valence-electron chi connectivity index (χ1n) is 37.7. The van der Waals surface area contributed by atoms with Gasteiger partial charge in [-0.3, -0.25) is 9.59 Å². The number of ether oxygens (including phenoxy) is 3. The quantitative estimate of drug-likeness (QED) is 0.0195. The van der Waals surface area contributed by atoms with Crippen LogP contribution in [-0.2, 0) is 23.8 Å². The van der Waals surface area contributed by atoms with Crippen molar-refractivity contribution in [3.05, 3.63) is 109 Å². The van der Waals surface area contributed by atoms with E-state index in [1.807, 2.05) is 6.08 Å². The average Bonchev–Trinajstić information content (AvgIpc) is 1.09. The average molecular weight is 1270 g/mol. The van der Waals surface area contributed by atoms with Gasteiger partial charge < -0.3 is 45.1 Å². The molecule has 0 aromatic carbocycles. The fourth-order valence-electron chi connectivity index (χ4n) is 11.2. The van der Waals surface area contributed by atoms with Crippen LogP contribution in [0.1, 0.15) is 323 Å². The van der Waals surface area contributed by atoms with Crippen LogP contribution in [0.4, 0.5) is 0 Å². The fourth-order valence-corrected chi connectivity index (χ4v) is 11.2. The lowest BCUT2D eigenvalue weighted by molar-refractivity contribution is -0.305. The van der Waals surface area contributed by atoms with Gasteiger partial charge in [0.25, 0.3) is 0 Å². The number of hydrogen-bond donors (Lipinski definition) is 6. The summed E-state index contributed by atoms with van der Waals surface area (Å²) >= 11 is 0. The second-order valence-electron chi connectivity index (χ2n) is 25.7. The van der Waals surface area contributed by atoms with Crippen molar-refractivity contribution in [1.29, 1.82) is 0 Å². The summed E-state index contributed by atoms with van der Waals surface area (Å²) < 4.78 is 17.7. The third-order valence-corrected chi connectivity index (χ3v) is 17.1. The molecule has 8 unspecified atom stereocenters. The summed E-state index contributed by atoms with van der Waals surface area (Å²) in [6, 6.07) is -1.04. The van der Waals surface area contributed by atoms with E-state index in [4.69, 9.17) is 14.2 Å². The third-order valence-electron chi connectivity index (χ3n) is 17.1. The van der Waals surface area contributed by atoms with Gasteiger partial charge >= 0.3 is 5.97 Å². The van der Waals surface area contributed by atoms with Gasteiger partial charge in [-0.25, -0.2) is 0 Å². The van der Waals surface area contributed by atoms with Crippen LogP contribution in [0.5, 0.6) is 0 Å². The SMILES string of the molecule is CCCCC/C=C\C/C=C\C/C=C\C/C=C\CCCCCCCCCCCC(=O)OC1C(OCC(NC(=O)C(O)CCCCCCCCCC/C=C\C/C=C\C/C=C\C/C=C\CCCCC)C(O)/C=C/CCCCCCCCCCCCC)OC(CO)C(O)C1O. The van der Waals surface area contributed by atoms with Gasteiger partial charge in [-0.1, -0.05) is 310 Å². The van der Waals surface area contributed by atoms with Crippen LogP contribution in [0.25, 0.3) is 0 Å². The first-order chi connectivity index (χ1) is 44.7. The number of hydrogen-bond acceptors (Lipinski definition) is 10. The van der Waals surface area contributed by atoms with E-state index in [-0.39, 0.29) is 19.4 Å². The van der Waals surface area contributed by atoms with Crippen LogP contribution < -0.4 is 5.32 Å². The predicted octanol–water partition coefficient (Wildman–Crippen LogP) is 20.0. The molecule has 1 heterocycles. The van der Waals surface area contributed by atoms with E-state index in [0.717, 1.165) is 116 Å². The Morgan fingerprint density at radius 1 is 0.429 bits per heavy atom. The minimum atomic E-state index is -1.63. The maximum Gasteiger partial charge on any atom is 0.306 e. The van der Waals surface area contributed by atoms with Crippen LogP contribution in [0.2, 0.25) is 0 Å². The zero-order valence-corrected chi connectivity index (χ0v) is 58.4. The predicted molar refractivity (Wildman–Crippen MR) is 384 cm³/mol. The van der Waals surface area contributed by atoms with Crippen LogP contribution in [-0.4, -0.2) is 99.6 Å². The molecule has 8 atom stereocenters. The molecule has 1 rings (SSSR count). The number of aliphatic hydroxyl groups is 5. The summed E-state index contributed by atoms with van der Waals surface area (Å²) in [5.41, 5.74) is 0. The molecule has 1 amide bonds. The molecule has 6 N–H and O–H groups in total. The van der Waals surface area contributed by atoms with Gasteiger partial charge in [-0.05, 0) is 116 Å². The Hall–Kier alpha value is -3.68. The zero-order valence-electron chi connectivity index (χ0n) is 58.4. The summed E-state index contributed by atoms with van der Waals surface area (Å²) in [4.78, 5) is 26.8. The Morgan fingerprint density at radius 3 is 1.15 bits per heavy atom. The van der Waals surface area contributed by atoms with Crippen molar-refractivity contribution in [2.45, 2.75) is 372 Å². The number of esters is 1. The Bertz CT molecular complexity index is 1900. The maximum absolute atomic E-state index is 13.5. The van der Waals surface area contributed by atoms with Crippen LogP contribution >= 0.6 is 0 Å². The first kappa shape index (κ1) is 85.3. The van der Waals surface area contributed by atoms with Gasteiger partial charge in [-0.15, -0.1) is 0 Å². The molecule has 0 spiro atoms. The van der Waals surface area contributed by atoms with Gasteiger partial charge in [0.15, 0.2) is 12.4 Å². The first-order valence-corrected chi connectivity index (χ1v) is 37.7. The van der Waals surface area contributed by atoms with Crippen molar-refractivity contribution in [1.82, 2.24) is 5.32 Å². The van der Waals surface area contributed by atoms with Gasteiger partial charge in [0.2, 0.25) is 5.91 Å². The van der Waals surface area contributed by atoms with E-state index in [0.29, 0.717) is 12.8 Å². The molecular weight excluding hydrogens is 1130 g/mol. The van der Waals surface area contributed by atoms with Crippen molar-refractivity contribution >= 4 is 11.9 Å². The van der Waals surface area contributed by atoms with E-state index in [1.165, 1.54) is 161 Å². The lowest BCUT2D eigenvalue weighted by Gasteiger charge is -2.41. The molecular formula is C80H139NO10. The molecule has 11 heteroatoms. The highest BCUT2D eigenvalue weighted by molar-refractivity contribution is 5.80. The Kier molecular flexibility index (Phi) is 62.2. The number of allylic oxidation sites excluding steroid dienone is 17. The summed E-state index contributed by atoms with van der Waals surface area (Å²) in [7, 11) is 0. The van der Waals surface area contributed by atoms with E-state index in [2.05, 4.69) is 123 Å².